The molecule has 1 rings (SSSR count). The van der Waals surface area contributed by atoms with Crippen molar-refractivity contribution in [1.82, 2.24) is 5.32 Å². The minimum Gasteiger partial charge on any atom is -0.465 e. The van der Waals surface area contributed by atoms with Crippen LogP contribution in [0, 0.1) is 5.82 Å². The van der Waals surface area contributed by atoms with E-state index >= 15 is 0 Å². The third-order valence-corrected chi connectivity index (χ3v) is 3.72. The molecule has 0 aliphatic heterocycles. The third kappa shape index (κ3) is 5.01. The number of likely N-dealkylation sites (N-methyl/N-ethyl adjacent to an activating group) is 1. The van der Waals surface area contributed by atoms with Crippen molar-refractivity contribution in [2.24, 2.45) is 0 Å². The smallest absolute Gasteiger partial charge is 0.326 e. The molecule has 0 radical (unpaired) electrons. The molecular weight excluding hydrogens is 271 g/mol. The second-order valence-electron chi connectivity index (χ2n) is 5.30. The van der Waals surface area contributed by atoms with Crippen LogP contribution in [-0.2, 0) is 9.53 Å². The van der Waals surface area contributed by atoms with E-state index < -0.39 is 5.54 Å². The molecule has 4 nitrogen and oxygen atoms in total. The van der Waals surface area contributed by atoms with E-state index in [9.17, 15) is 9.18 Å². The molecule has 0 amide bonds. The van der Waals surface area contributed by atoms with Crippen molar-refractivity contribution < 1.29 is 13.9 Å². The maximum Gasteiger partial charge on any atom is 0.326 e. The summed E-state index contributed by atoms with van der Waals surface area (Å²) in [6, 6.07) is 6.39. The van der Waals surface area contributed by atoms with Gasteiger partial charge >= 0.3 is 5.97 Å². The Balaban J connectivity index is 2.50. The first-order valence-electron chi connectivity index (χ1n) is 7.25. The van der Waals surface area contributed by atoms with Crippen LogP contribution in [0.25, 0.3) is 0 Å². The quantitative estimate of drug-likeness (QED) is 0.749. The molecule has 118 valence electrons. The number of carbonyl (C=O) groups excluding carboxylic acids is 1. The van der Waals surface area contributed by atoms with Gasteiger partial charge in [-0.3, -0.25) is 4.79 Å². The Morgan fingerprint density at radius 2 is 2.00 bits per heavy atom. The van der Waals surface area contributed by atoms with Gasteiger partial charge in [0.05, 0.1) is 6.61 Å². The van der Waals surface area contributed by atoms with Crippen molar-refractivity contribution in [2.45, 2.75) is 32.2 Å². The zero-order valence-corrected chi connectivity index (χ0v) is 13.3. The van der Waals surface area contributed by atoms with Gasteiger partial charge in [-0.25, -0.2) is 4.39 Å². The molecule has 5 heteroatoms. The largest absolute Gasteiger partial charge is 0.465 e. The first kappa shape index (κ1) is 17.4. The van der Waals surface area contributed by atoms with E-state index in [-0.39, 0.29) is 11.8 Å². The Morgan fingerprint density at radius 3 is 2.52 bits per heavy atom. The number of nitrogens with zero attached hydrogens (tertiary/aromatic N) is 1. The zero-order valence-electron chi connectivity index (χ0n) is 13.3. The van der Waals surface area contributed by atoms with Crippen molar-refractivity contribution in [3.63, 3.8) is 0 Å². The number of anilines is 1. The highest BCUT2D eigenvalue weighted by atomic mass is 19.1. The molecular formula is C16H25FN2O2. The minimum absolute atomic E-state index is 0.225. The van der Waals surface area contributed by atoms with E-state index in [4.69, 9.17) is 4.74 Å². The van der Waals surface area contributed by atoms with Crippen LogP contribution in [0.4, 0.5) is 10.1 Å². The monoisotopic (exact) mass is 296 g/mol. The van der Waals surface area contributed by atoms with E-state index in [1.165, 1.54) is 12.1 Å². The first-order valence-corrected chi connectivity index (χ1v) is 7.25. The first-order chi connectivity index (χ1) is 9.92. The Kier molecular flexibility index (Phi) is 6.62. The highest BCUT2D eigenvalue weighted by molar-refractivity contribution is 5.80. The SMILES string of the molecule is CCOC(=O)C(C)(CCCN(C)c1ccc(F)cc1)NC. The highest BCUT2D eigenvalue weighted by Crippen LogP contribution is 2.17. The molecule has 0 saturated carbocycles. The summed E-state index contributed by atoms with van der Waals surface area (Å²) in [5, 5.41) is 3.04. The lowest BCUT2D eigenvalue weighted by atomic mass is 9.96. The van der Waals surface area contributed by atoms with E-state index in [0.717, 1.165) is 18.7 Å². The number of carbonyl (C=O) groups is 1. The third-order valence-electron chi connectivity index (χ3n) is 3.72. The van der Waals surface area contributed by atoms with Crippen LogP contribution in [0.2, 0.25) is 0 Å². The van der Waals surface area contributed by atoms with E-state index in [1.54, 1.807) is 26.1 Å². The van der Waals surface area contributed by atoms with Gasteiger partial charge in [0.25, 0.3) is 0 Å². The van der Waals surface area contributed by atoms with Gasteiger partial charge in [-0.2, -0.15) is 0 Å². The number of nitrogens with one attached hydrogen (secondary N) is 1. The van der Waals surface area contributed by atoms with Gasteiger partial charge in [-0.15, -0.1) is 0 Å². The van der Waals surface area contributed by atoms with Crippen molar-refractivity contribution in [3.8, 4) is 0 Å². The summed E-state index contributed by atoms with van der Waals surface area (Å²) in [6.07, 6.45) is 1.50. The molecule has 21 heavy (non-hydrogen) atoms. The number of hydrogen-bond acceptors (Lipinski definition) is 4. The zero-order chi connectivity index (χ0) is 15.9. The van der Waals surface area contributed by atoms with Crippen LogP contribution < -0.4 is 10.2 Å². The average Bonchev–Trinajstić information content (AvgIpc) is 2.47. The summed E-state index contributed by atoms with van der Waals surface area (Å²) in [7, 11) is 3.72. The molecule has 0 aliphatic carbocycles. The number of rotatable bonds is 8. The van der Waals surface area contributed by atoms with Gasteiger partial charge in [0, 0.05) is 19.3 Å². The normalized spacial score (nSPS) is 13.6. The predicted octanol–water partition coefficient (Wildman–Crippen LogP) is 2.58. The highest BCUT2D eigenvalue weighted by Gasteiger charge is 2.32. The van der Waals surface area contributed by atoms with Gasteiger partial charge in [-0.05, 0) is 58.0 Å². The van der Waals surface area contributed by atoms with Crippen LogP contribution in [0.1, 0.15) is 26.7 Å². The molecule has 0 bridgehead atoms. The van der Waals surface area contributed by atoms with E-state index in [0.29, 0.717) is 13.0 Å². The Morgan fingerprint density at radius 1 is 1.38 bits per heavy atom. The maximum absolute atomic E-state index is 12.9. The van der Waals surface area contributed by atoms with Gasteiger partial charge in [0.2, 0.25) is 0 Å². The summed E-state index contributed by atoms with van der Waals surface area (Å²) < 4.78 is 18.0. The maximum atomic E-state index is 12.9. The van der Waals surface area contributed by atoms with Crippen molar-refractivity contribution >= 4 is 11.7 Å². The van der Waals surface area contributed by atoms with Crippen LogP contribution in [0.3, 0.4) is 0 Å². The average molecular weight is 296 g/mol. The summed E-state index contributed by atoms with van der Waals surface area (Å²) in [4.78, 5) is 14.0. The van der Waals surface area contributed by atoms with Crippen LogP contribution >= 0.6 is 0 Å². The topological polar surface area (TPSA) is 41.6 Å². The Bertz CT molecular complexity index is 450. The molecule has 1 atom stereocenters. The fourth-order valence-corrected chi connectivity index (χ4v) is 2.11. The Hall–Kier alpha value is -1.62. The van der Waals surface area contributed by atoms with Gasteiger partial charge < -0.3 is 15.0 Å². The van der Waals surface area contributed by atoms with Crippen molar-refractivity contribution in [2.75, 3.05) is 32.1 Å². The molecule has 1 aromatic carbocycles. The fourth-order valence-electron chi connectivity index (χ4n) is 2.11. The van der Waals surface area contributed by atoms with Gasteiger partial charge in [-0.1, -0.05) is 0 Å². The van der Waals surface area contributed by atoms with Crippen LogP contribution in [-0.4, -0.2) is 38.8 Å². The van der Waals surface area contributed by atoms with Crippen LogP contribution in [0.15, 0.2) is 24.3 Å². The second-order valence-corrected chi connectivity index (χ2v) is 5.30. The van der Waals surface area contributed by atoms with E-state index in [2.05, 4.69) is 5.32 Å². The van der Waals surface area contributed by atoms with Crippen molar-refractivity contribution in [3.05, 3.63) is 30.1 Å². The Labute approximate surface area is 126 Å². The van der Waals surface area contributed by atoms with Crippen LogP contribution in [0.5, 0.6) is 0 Å². The molecule has 0 spiro atoms. The summed E-state index contributed by atoms with van der Waals surface area (Å²) in [6.45, 7) is 4.81. The molecule has 0 aromatic heterocycles. The summed E-state index contributed by atoms with van der Waals surface area (Å²) >= 11 is 0. The summed E-state index contributed by atoms with van der Waals surface area (Å²) in [5.41, 5.74) is 0.290. The fraction of sp³-hybridized carbons (Fsp3) is 0.562. The lowest BCUT2D eigenvalue weighted by molar-refractivity contribution is -0.150. The lowest BCUT2D eigenvalue weighted by Crippen LogP contribution is -2.49. The minimum atomic E-state index is -0.667. The van der Waals surface area contributed by atoms with Crippen molar-refractivity contribution in [1.29, 1.82) is 0 Å². The molecule has 0 saturated heterocycles. The summed E-state index contributed by atoms with van der Waals surface area (Å²) in [5.74, 6) is -0.464. The number of benzene rings is 1. The molecule has 0 aliphatic rings. The second kappa shape index (κ2) is 7.98. The molecule has 0 heterocycles. The van der Waals surface area contributed by atoms with E-state index in [1.807, 2.05) is 18.9 Å². The number of hydrogen-bond donors (Lipinski definition) is 1. The molecule has 0 fully saturated rings. The standard InChI is InChI=1S/C16H25FN2O2/c1-5-21-15(20)16(2,18-3)11-6-12-19(4)14-9-7-13(17)8-10-14/h7-10,18H,5-6,11-12H2,1-4H3. The predicted molar refractivity (Wildman–Crippen MR) is 83.0 cm³/mol. The molecule has 1 N–H and O–H groups in total. The number of ether oxygens (including phenoxy) is 1. The van der Waals surface area contributed by atoms with Gasteiger partial charge in [0.15, 0.2) is 0 Å². The number of esters is 1. The lowest BCUT2D eigenvalue weighted by Gasteiger charge is -2.28. The number of halogens is 1. The molecule has 1 unspecified atom stereocenters. The molecule has 1 aromatic rings. The van der Waals surface area contributed by atoms with Gasteiger partial charge in [0.1, 0.15) is 11.4 Å².